The molecule has 0 unspecified atom stereocenters. The van der Waals surface area contributed by atoms with Gasteiger partial charge in [-0.1, -0.05) is 23.5 Å². The Balaban J connectivity index is 1.96. The molecule has 3 rings (SSSR count). The average Bonchev–Trinajstić information content (AvgIpc) is 2.82. The Hall–Kier alpha value is -2.06. The van der Waals surface area contributed by atoms with Gasteiger partial charge in [0.25, 0.3) is 10.0 Å². The van der Waals surface area contributed by atoms with Crippen molar-refractivity contribution in [3.05, 3.63) is 54.1 Å². The third kappa shape index (κ3) is 2.72. The Bertz CT molecular complexity index is 890. The van der Waals surface area contributed by atoms with E-state index in [1.807, 2.05) is 12.1 Å². The van der Waals surface area contributed by atoms with Crippen LogP contribution in [0.25, 0.3) is 10.2 Å². The summed E-state index contributed by atoms with van der Waals surface area (Å²) < 4.78 is 53.3. The number of sulfonamides is 1. The molecule has 8 heteroatoms. The van der Waals surface area contributed by atoms with Crippen LogP contribution in [0.3, 0.4) is 0 Å². The Morgan fingerprint density at radius 1 is 1.05 bits per heavy atom. The first-order valence-electron chi connectivity index (χ1n) is 5.79. The summed E-state index contributed by atoms with van der Waals surface area (Å²) in [6.07, 6.45) is 0. The number of fused-ring (bicyclic) bond motifs is 1. The lowest BCUT2D eigenvalue weighted by Crippen LogP contribution is -2.13. The van der Waals surface area contributed by atoms with Crippen LogP contribution in [0.4, 0.5) is 13.9 Å². The van der Waals surface area contributed by atoms with Crippen LogP contribution in [0.5, 0.6) is 0 Å². The van der Waals surface area contributed by atoms with Crippen molar-refractivity contribution in [3.63, 3.8) is 0 Å². The second kappa shape index (κ2) is 5.05. The molecule has 0 spiro atoms. The van der Waals surface area contributed by atoms with Crippen molar-refractivity contribution >= 4 is 36.7 Å². The van der Waals surface area contributed by atoms with Crippen molar-refractivity contribution in [2.45, 2.75) is 4.90 Å². The molecule has 1 heterocycles. The molecule has 0 amide bonds. The third-order valence-corrected chi connectivity index (χ3v) is 5.13. The van der Waals surface area contributed by atoms with Crippen LogP contribution in [-0.2, 0) is 10.0 Å². The second-order valence-electron chi connectivity index (χ2n) is 4.17. The van der Waals surface area contributed by atoms with E-state index in [1.165, 1.54) is 0 Å². The predicted octanol–water partition coefficient (Wildman–Crippen LogP) is 3.38. The monoisotopic (exact) mass is 326 g/mol. The quantitative estimate of drug-likeness (QED) is 0.803. The standard InChI is InChI=1S/C13H8F2N2O2S2/c14-9-6-5-8(7-10(9)15)21(18,19)17-13-16-11-3-1-2-4-12(11)20-13/h1-7H,(H,16,17). The van der Waals surface area contributed by atoms with Crippen molar-refractivity contribution in [2.75, 3.05) is 4.72 Å². The molecule has 0 bridgehead atoms. The molecule has 4 nitrogen and oxygen atoms in total. The van der Waals surface area contributed by atoms with E-state index < -0.39 is 21.7 Å². The molecule has 0 atom stereocenters. The van der Waals surface area contributed by atoms with Crippen LogP contribution >= 0.6 is 11.3 Å². The van der Waals surface area contributed by atoms with Gasteiger partial charge in [0.1, 0.15) is 0 Å². The fraction of sp³-hybridized carbons (Fsp3) is 0. The summed E-state index contributed by atoms with van der Waals surface area (Å²) in [5, 5.41) is 0.168. The van der Waals surface area contributed by atoms with Gasteiger partial charge in [-0.05, 0) is 30.3 Å². The fourth-order valence-electron chi connectivity index (χ4n) is 1.73. The molecule has 1 N–H and O–H groups in total. The van der Waals surface area contributed by atoms with Crippen LogP contribution in [0, 0.1) is 11.6 Å². The minimum Gasteiger partial charge on any atom is -0.255 e. The van der Waals surface area contributed by atoms with Gasteiger partial charge < -0.3 is 0 Å². The van der Waals surface area contributed by atoms with Gasteiger partial charge >= 0.3 is 0 Å². The van der Waals surface area contributed by atoms with Crippen LogP contribution in [0.15, 0.2) is 47.4 Å². The van der Waals surface area contributed by atoms with Gasteiger partial charge in [-0.15, -0.1) is 0 Å². The van der Waals surface area contributed by atoms with Crippen molar-refractivity contribution in [2.24, 2.45) is 0 Å². The summed E-state index contributed by atoms with van der Waals surface area (Å²) in [5.74, 6) is -2.32. The Kier molecular flexibility index (Phi) is 3.34. The number of nitrogens with one attached hydrogen (secondary N) is 1. The van der Waals surface area contributed by atoms with Crippen LogP contribution in [0.2, 0.25) is 0 Å². The second-order valence-corrected chi connectivity index (χ2v) is 6.88. The first kappa shape index (κ1) is 13.9. The molecule has 108 valence electrons. The molecule has 0 radical (unpaired) electrons. The number of para-hydroxylation sites is 1. The normalized spacial score (nSPS) is 11.7. The van der Waals surface area contributed by atoms with Gasteiger partial charge in [0.05, 0.1) is 15.1 Å². The smallest absolute Gasteiger partial charge is 0.255 e. The third-order valence-electron chi connectivity index (χ3n) is 2.72. The maximum absolute atomic E-state index is 13.1. The summed E-state index contributed by atoms with van der Waals surface area (Å²) >= 11 is 1.16. The lowest BCUT2D eigenvalue weighted by molar-refractivity contribution is 0.504. The van der Waals surface area contributed by atoms with E-state index in [4.69, 9.17) is 0 Å². The van der Waals surface area contributed by atoms with Crippen LogP contribution in [0.1, 0.15) is 0 Å². The lowest BCUT2D eigenvalue weighted by Gasteiger charge is -2.05. The number of halogens is 2. The van der Waals surface area contributed by atoms with Gasteiger partial charge in [0.15, 0.2) is 16.8 Å². The Morgan fingerprint density at radius 3 is 2.52 bits per heavy atom. The summed E-state index contributed by atoms with van der Waals surface area (Å²) in [7, 11) is -4.01. The maximum atomic E-state index is 13.1. The highest BCUT2D eigenvalue weighted by atomic mass is 32.2. The topological polar surface area (TPSA) is 59.1 Å². The molecule has 0 aliphatic heterocycles. The number of anilines is 1. The molecule has 0 aliphatic rings. The first-order chi connectivity index (χ1) is 9.95. The van der Waals surface area contributed by atoms with Crippen molar-refractivity contribution in [1.29, 1.82) is 0 Å². The summed E-state index contributed by atoms with van der Waals surface area (Å²) in [5.41, 5.74) is 0.658. The van der Waals surface area contributed by atoms with Crippen LogP contribution < -0.4 is 4.72 Å². The number of hydrogen-bond donors (Lipinski definition) is 1. The highest BCUT2D eigenvalue weighted by Crippen LogP contribution is 2.27. The molecule has 0 saturated heterocycles. The SMILES string of the molecule is O=S(=O)(Nc1nc2ccccc2s1)c1ccc(F)c(F)c1. The number of benzene rings is 2. The Labute approximate surface area is 123 Å². The van der Waals surface area contributed by atoms with E-state index in [1.54, 1.807) is 12.1 Å². The van der Waals surface area contributed by atoms with E-state index in [0.29, 0.717) is 11.6 Å². The molecule has 1 aromatic heterocycles. The molecule has 21 heavy (non-hydrogen) atoms. The molecule has 0 saturated carbocycles. The zero-order valence-electron chi connectivity index (χ0n) is 10.4. The van der Waals surface area contributed by atoms with E-state index in [9.17, 15) is 17.2 Å². The summed E-state index contributed by atoms with van der Waals surface area (Å²) in [6, 6.07) is 9.55. The zero-order valence-corrected chi connectivity index (χ0v) is 12.0. The van der Waals surface area contributed by atoms with E-state index in [0.717, 1.165) is 28.2 Å². The van der Waals surface area contributed by atoms with E-state index in [-0.39, 0.29) is 10.0 Å². The summed E-state index contributed by atoms with van der Waals surface area (Å²) in [4.78, 5) is 3.76. The molecule has 3 aromatic rings. The van der Waals surface area contributed by atoms with Gasteiger partial charge in [0, 0.05) is 0 Å². The molecule has 0 aliphatic carbocycles. The van der Waals surface area contributed by atoms with Crippen molar-refractivity contribution < 1.29 is 17.2 Å². The minimum absolute atomic E-state index is 0.168. The zero-order chi connectivity index (χ0) is 15.0. The molecule has 2 aromatic carbocycles. The fourth-order valence-corrected chi connectivity index (χ4v) is 3.85. The average molecular weight is 326 g/mol. The number of hydrogen-bond acceptors (Lipinski definition) is 4. The highest BCUT2D eigenvalue weighted by molar-refractivity contribution is 7.93. The largest absolute Gasteiger partial charge is 0.263 e. The predicted molar refractivity (Wildman–Crippen MR) is 76.8 cm³/mol. The van der Waals surface area contributed by atoms with E-state index >= 15 is 0 Å². The van der Waals surface area contributed by atoms with Gasteiger partial charge in [-0.25, -0.2) is 22.2 Å². The highest BCUT2D eigenvalue weighted by Gasteiger charge is 2.18. The number of aromatic nitrogens is 1. The van der Waals surface area contributed by atoms with Crippen LogP contribution in [-0.4, -0.2) is 13.4 Å². The van der Waals surface area contributed by atoms with Gasteiger partial charge in [-0.3, -0.25) is 4.72 Å². The Morgan fingerprint density at radius 2 is 1.81 bits per heavy atom. The number of rotatable bonds is 3. The minimum atomic E-state index is -4.01. The first-order valence-corrected chi connectivity index (χ1v) is 8.09. The molecular formula is C13H8F2N2O2S2. The molecule has 0 fully saturated rings. The number of thiazole rings is 1. The van der Waals surface area contributed by atoms with Gasteiger partial charge in [-0.2, -0.15) is 0 Å². The van der Waals surface area contributed by atoms with Gasteiger partial charge in [0.2, 0.25) is 0 Å². The lowest BCUT2D eigenvalue weighted by atomic mass is 10.3. The van der Waals surface area contributed by atoms with E-state index in [2.05, 4.69) is 9.71 Å². The summed E-state index contributed by atoms with van der Waals surface area (Å²) in [6.45, 7) is 0. The van der Waals surface area contributed by atoms with Crippen molar-refractivity contribution in [1.82, 2.24) is 4.98 Å². The van der Waals surface area contributed by atoms with Crippen molar-refractivity contribution in [3.8, 4) is 0 Å². The number of nitrogens with zero attached hydrogens (tertiary/aromatic N) is 1. The maximum Gasteiger partial charge on any atom is 0.263 e. The molecular weight excluding hydrogens is 318 g/mol.